The van der Waals surface area contributed by atoms with Gasteiger partial charge in [-0.1, -0.05) is 69.6 Å². The highest BCUT2D eigenvalue weighted by Crippen LogP contribution is 2.42. The molecular formula is C18H7Cl6NO2. The molecule has 0 aliphatic carbocycles. The molecule has 0 atom stereocenters. The summed E-state index contributed by atoms with van der Waals surface area (Å²) in [6.45, 7) is 0. The van der Waals surface area contributed by atoms with Crippen LogP contribution in [0.5, 0.6) is 0 Å². The van der Waals surface area contributed by atoms with E-state index >= 15 is 0 Å². The zero-order valence-corrected chi connectivity index (χ0v) is 17.6. The van der Waals surface area contributed by atoms with E-state index in [9.17, 15) is 9.90 Å². The van der Waals surface area contributed by atoms with E-state index in [2.05, 4.69) is 4.98 Å². The van der Waals surface area contributed by atoms with Crippen molar-refractivity contribution in [3.8, 4) is 22.4 Å². The third kappa shape index (κ3) is 4.14. The van der Waals surface area contributed by atoms with E-state index in [1.165, 1.54) is 30.5 Å². The van der Waals surface area contributed by atoms with Gasteiger partial charge in [0.1, 0.15) is 0 Å². The van der Waals surface area contributed by atoms with Crippen LogP contribution in [0.15, 0.2) is 36.5 Å². The van der Waals surface area contributed by atoms with Crippen LogP contribution in [0, 0.1) is 0 Å². The van der Waals surface area contributed by atoms with Crippen LogP contribution in [-0.4, -0.2) is 16.1 Å². The Morgan fingerprint density at radius 3 is 1.70 bits per heavy atom. The van der Waals surface area contributed by atoms with Crippen molar-refractivity contribution in [2.24, 2.45) is 0 Å². The van der Waals surface area contributed by atoms with Crippen molar-refractivity contribution >= 4 is 75.6 Å². The maximum Gasteiger partial charge on any atom is 0.337 e. The van der Waals surface area contributed by atoms with Gasteiger partial charge in [-0.15, -0.1) is 0 Å². The predicted octanol–water partition coefficient (Wildman–Crippen LogP) is 8.03. The average Bonchev–Trinajstić information content (AvgIpc) is 2.61. The quantitative estimate of drug-likeness (QED) is 0.385. The second-order valence-electron chi connectivity index (χ2n) is 5.42. The molecule has 9 heteroatoms. The first-order valence-electron chi connectivity index (χ1n) is 7.22. The number of halogens is 6. The molecule has 0 radical (unpaired) electrons. The Kier molecular flexibility index (Phi) is 6.11. The number of pyridine rings is 1. The lowest BCUT2D eigenvalue weighted by atomic mass is 9.97. The molecule has 138 valence electrons. The third-order valence-electron chi connectivity index (χ3n) is 3.70. The summed E-state index contributed by atoms with van der Waals surface area (Å²) in [5.74, 6) is -1.15. The number of benzene rings is 2. The minimum Gasteiger partial charge on any atom is -0.478 e. The molecule has 0 aliphatic heterocycles. The second kappa shape index (κ2) is 8.04. The van der Waals surface area contributed by atoms with E-state index in [1.807, 2.05) is 0 Å². The lowest BCUT2D eigenvalue weighted by Crippen LogP contribution is -2.00. The Morgan fingerprint density at radius 2 is 1.15 bits per heavy atom. The Labute approximate surface area is 184 Å². The molecule has 3 aromatic rings. The molecule has 0 spiro atoms. The zero-order chi connectivity index (χ0) is 19.9. The van der Waals surface area contributed by atoms with Crippen LogP contribution in [0.1, 0.15) is 10.4 Å². The topological polar surface area (TPSA) is 50.2 Å². The minimum absolute atomic E-state index is 0.0351. The fraction of sp³-hybridized carbons (Fsp3) is 0. The van der Waals surface area contributed by atoms with Crippen LogP contribution >= 0.6 is 69.6 Å². The number of hydrogen-bond acceptors (Lipinski definition) is 2. The van der Waals surface area contributed by atoms with Gasteiger partial charge in [-0.3, -0.25) is 4.98 Å². The van der Waals surface area contributed by atoms with E-state index in [0.29, 0.717) is 22.4 Å². The Balaban J connectivity index is 2.36. The summed E-state index contributed by atoms with van der Waals surface area (Å²) in [7, 11) is 0. The molecule has 1 N–H and O–H groups in total. The molecule has 1 heterocycles. The summed E-state index contributed by atoms with van der Waals surface area (Å²) in [5.41, 5.74) is 1.63. The van der Waals surface area contributed by atoms with Gasteiger partial charge in [0.25, 0.3) is 0 Å². The van der Waals surface area contributed by atoms with Gasteiger partial charge in [-0.05, 0) is 30.3 Å². The summed E-state index contributed by atoms with van der Waals surface area (Å²) in [6, 6.07) is 7.45. The molecular weight excluding hydrogens is 475 g/mol. The second-order valence-corrected chi connectivity index (χ2v) is 7.86. The maximum atomic E-state index is 11.4. The first-order chi connectivity index (χ1) is 12.7. The normalized spacial score (nSPS) is 10.9. The van der Waals surface area contributed by atoms with Gasteiger partial charge >= 0.3 is 5.97 Å². The summed E-state index contributed by atoms with van der Waals surface area (Å²) >= 11 is 36.9. The number of carboxylic acids is 1. The molecule has 27 heavy (non-hydrogen) atoms. The largest absolute Gasteiger partial charge is 0.478 e. The van der Waals surface area contributed by atoms with Crippen molar-refractivity contribution in [1.29, 1.82) is 0 Å². The highest BCUT2D eigenvalue weighted by atomic mass is 35.5. The highest BCUT2D eigenvalue weighted by molar-refractivity contribution is 6.45. The molecule has 0 fully saturated rings. The fourth-order valence-electron chi connectivity index (χ4n) is 2.43. The molecule has 0 bridgehead atoms. The Morgan fingerprint density at radius 1 is 0.667 bits per heavy atom. The molecule has 1 aromatic heterocycles. The Bertz CT molecular complexity index is 1080. The molecule has 0 unspecified atom stereocenters. The third-order valence-corrected chi connectivity index (χ3v) is 5.77. The summed E-state index contributed by atoms with van der Waals surface area (Å²) in [5, 5.41) is 11.0. The van der Waals surface area contributed by atoms with E-state index < -0.39 is 5.97 Å². The minimum atomic E-state index is -1.15. The standard InChI is InChI=1S/C18H7Cl6NO2/c19-11-4-15(23)13(21)2-8(11)9-1-7(18(26)27)6-25-17(9)10-3-14(22)16(24)5-12(10)20/h1-6H,(H,26,27). The van der Waals surface area contributed by atoms with Gasteiger partial charge in [-0.25, -0.2) is 4.79 Å². The molecule has 0 saturated carbocycles. The SMILES string of the molecule is O=C(O)c1cnc(-c2cc(Cl)c(Cl)cc2Cl)c(-c2cc(Cl)c(Cl)cc2Cl)c1. The molecule has 0 aliphatic rings. The number of carboxylic acid groups (broad SMARTS) is 1. The number of nitrogens with zero attached hydrogens (tertiary/aromatic N) is 1. The van der Waals surface area contributed by atoms with Gasteiger partial charge < -0.3 is 5.11 Å². The smallest absolute Gasteiger partial charge is 0.337 e. The van der Waals surface area contributed by atoms with Crippen LogP contribution in [0.3, 0.4) is 0 Å². The van der Waals surface area contributed by atoms with Crippen LogP contribution in [0.2, 0.25) is 30.1 Å². The van der Waals surface area contributed by atoms with Gasteiger partial charge in [-0.2, -0.15) is 0 Å². The van der Waals surface area contributed by atoms with Crippen molar-refractivity contribution in [3.63, 3.8) is 0 Å². The molecule has 3 nitrogen and oxygen atoms in total. The molecule has 0 amide bonds. The van der Waals surface area contributed by atoms with Crippen molar-refractivity contribution in [2.45, 2.75) is 0 Å². The average molecular weight is 482 g/mol. The zero-order valence-electron chi connectivity index (χ0n) is 13.0. The van der Waals surface area contributed by atoms with Crippen molar-refractivity contribution in [1.82, 2.24) is 4.98 Å². The summed E-state index contributed by atoms with van der Waals surface area (Å²) in [4.78, 5) is 15.7. The van der Waals surface area contributed by atoms with E-state index in [-0.39, 0.29) is 35.7 Å². The van der Waals surface area contributed by atoms with Crippen LogP contribution in [-0.2, 0) is 0 Å². The van der Waals surface area contributed by atoms with Gasteiger partial charge in [0.15, 0.2) is 0 Å². The fourth-order valence-corrected chi connectivity index (χ4v) is 3.72. The van der Waals surface area contributed by atoms with E-state index in [4.69, 9.17) is 69.6 Å². The molecule has 3 rings (SSSR count). The monoisotopic (exact) mass is 479 g/mol. The van der Waals surface area contributed by atoms with Gasteiger partial charge in [0.2, 0.25) is 0 Å². The number of aromatic nitrogens is 1. The van der Waals surface area contributed by atoms with Crippen LogP contribution < -0.4 is 0 Å². The first-order valence-corrected chi connectivity index (χ1v) is 9.49. The van der Waals surface area contributed by atoms with Gasteiger partial charge in [0, 0.05) is 22.9 Å². The summed E-state index contributed by atoms with van der Waals surface area (Å²) in [6.07, 6.45) is 1.21. The number of rotatable bonds is 3. The number of hydrogen-bond donors (Lipinski definition) is 1. The highest BCUT2D eigenvalue weighted by Gasteiger charge is 2.19. The van der Waals surface area contributed by atoms with Crippen molar-refractivity contribution in [3.05, 3.63) is 72.2 Å². The molecule has 2 aromatic carbocycles. The van der Waals surface area contributed by atoms with Crippen LogP contribution in [0.25, 0.3) is 22.4 Å². The lowest BCUT2D eigenvalue weighted by molar-refractivity contribution is 0.0696. The predicted molar refractivity (Wildman–Crippen MR) is 112 cm³/mol. The van der Waals surface area contributed by atoms with Crippen molar-refractivity contribution < 1.29 is 9.90 Å². The lowest BCUT2D eigenvalue weighted by Gasteiger charge is -2.14. The first kappa shape index (κ1) is 20.5. The van der Waals surface area contributed by atoms with Crippen molar-refractivity contribution in [2.75, 3.05) is 0 Å². The van der Waals surface area contributed by atoms with E-state index in [1.54, 1.807) is 6.07 Å². The van der Waals surface area contributed by atoms with Crippen LogP contribution in [0.4, 0.5) is 0 Å². The maximum absolute atomic E-state index is 11.4. The number of aromatic carboxylic acids is 1. The Hall–Kier alpha value is -1.20. The molecule has 0 saturated heterocycles. The van der Waals surface area contributed by atoms with E-state index in [0.717, 1.165) is 0 Å². The van der Waals surface area contributed by atoms with Gasteiger partial charge in [0.05, 0.1) is 41.4 Å². The number of carbonyl (C=O) groups is 1. The summed E-state index contributed by atoms with van der Waals surface area (Å²) < 4.78 is 0.